The van der Waals surface area contributed by atoms with Gasteiger partial charge in [-0.1, -0.05) is 36.4 Å². The van der Waals surface area contributed by atoms with Crippen LogP contribution in [-0.4, -0.2) is 43.5 Å². The van der Waals surface area contributed by atoms with Crippen LogP contribution in [0, 0.1) is 5.92 Å². The Morgan fingerprint density at radius 2 is 1.90 bits per heavy atom. The Morgan fingerprint density at radius 3 is 2.65 bits per heavy atom. The van der Waals surface area contributed by atoms with Crippen LogP contribution >= 0.6 is 0 Å². The van der Waals surface area contributed by atoms with Crippen molar-refractivity contribution in [2.75, 3.05) is 26.7 Å². The quantitative estimate of drug-likeness (QED) is 0.644. The highest BCUT2D eigenvalue weighted by atomic mass is 16.5. The Morgan fingerprint density at radius 1 is 1.10 bits per heavy atom. The summed E-state index contributed by atoms with van der Waals surface area (Å²) in [5, 5.41) is 4.82. The van der Waals surface area contributed by atoms with Gasteiger partial charge in [0.2, 0.25) is 5.91 Å². The van der Waals surface area contributed by atoms with Crippen LogP contribution in [0.15, 0.2) is 60.7 Å². The van der Waals surface area contributed by atoms with E-state index >= 15 is 0 Å². The highest BCUT2D eigenvalue weighted by Crippen LogP contribution is 2.31. The van der Waals surface area contributed by atoms with E-state index in [9.17, 15) is 9.59 Å². The van der Waals surface area contributed by atoms with Crippen molar-refractivity contribution in [1.82, 2.24) is 10.2 Å². The van der Waals surface area contributed by atoms with Crippen LogP contribution in [-0.2, 0) is 4.79 Å². The molecule has 1 heterocycles. The van der Waals surface area contributed by atoms with Crippen molar-refractivity contribution < 1.29 is 14.3 Å². The molecule has 1 aliphatic rings. The van der Waals surface area contributed by atoms with Crippen molar-refractivity contribution in [2.24, 2.45) is 5.92 Å². The molecule has 0 bridgehead atoms. The van der Waals surface area contributed by atoms with Gasteiger partial charge in [0.05, 0.1) is 6.61 Å². The number of benzene rings is 3. The van der Waals surface area contributed by atoms with Gasteiger partial charge in [-0.3, -0.25) is 9.59 Å². The van der Waals surface area contributed by atoms with Crippen molar-refractivity contribution >= 4 is 22.6 Å². The third kappa shape index (κ3) is 4.55. The molecule has 4 rings (SSSR count). The van der Waals surface area contributed by atoms with E-state index in [0.29, 0.717) is 31.7 Å². The van der Waals surface area contributed by atoms with Gasteiger partial charge >= 0.3 is 0 Å². The minimum absolute atomic E-state index is 0.0341. The van der Waals surface area contributed by atoms with Crippen LogP contribution < -0.4 is 10.1 Å². The predicted molar refractivity (Wildman–Crippen MR) is 123 cm³/mol. The zero-order valence-corrected chi connectivity index (χ0v) is 18.1. The molecule has 31 heavy (non-hydrogen) atoms. The minimum Gasteiger partial charge on any atom is -0.494 e. The lowest BCUT2D eigenvalue weighted by Gasteiger charge is -2.17. The van der Waals surface area contributed by atoms with Gasteiger partial charge in [-0.05, 0) is 65.4 Å². The molecule has 3 aromatic rings. The second kappa shape index (κ2) is 9.21. The normalized spacial score (nSPS) is 15.8. The number of carbonyl (C=O) groups excluding carboxylic acids is 2. The molecular weight excluding hydrogens is 388 g/mol. The summed E-state index contributed by atoms with van der Waals surface area (Å²) in [6.07, 6.45) is 1.35. The van der Waals surface area contributed by atoms with Crippen molar-refractivity contribution in [3.63, 3.8) is 0 Å². The smallest absolute Gasteiger partial charge is 0.253 e. The number of ether oxygens (including phenoxy) is 1. The molecule has 1 N–H and O–H groups in total. The lowest BCUT2D eigenvalue weighted by molar-refractivity contribution is -0.121. The number of rotatable bonds is 6. The van der Waals surface area contributed by atoms with Crippen LogP contribution in [0.5, 0.6) is 5.75 Å². The fourth-order valence-electron chi connectivity index (χ4n) is 4.30. The number of carbonyl (C=O) groups is 2. The summed E-state index contributed by atoms with van der Waals surface area (Å²) in [5.41, 5.74) is 2.94. The molecule has 0 saturated carbocycles. The number of hydrogen-bond donors (Lipinski definition) is 1. The number of likely N-dealkylation sites (tertiary alicyclic amines) is 1. The summed E-state index contributed by atoms with van der Waals surface area (Å²) in [5.74, 6) is 1.16. The molecule has 1 fully saturated rings. The molecule has 1 unspecified atom stereocenters. The van der Waals surface area contributed by atoms with Crippen molar-refractivity contribution in [2.45, 2.75) is 19.8 Å². The summed E-state index contributed by atoms with van der Waals surface area (Å²) >= 11 is 0. The van der Waals surface area contributed by atoms with Gasteiger partial charge in [0.1, 0.15) is 5.75 Å². The highest BCUT2D eigenvalue weighted by molar-refractivity contribution is 6.02. The molecule has 0 aromatic heterocycles. The van der Waals surface area contributed by atoms with Gasteiger partial charge in [-0.25, -0.2) is 0 Å². The first-order valence-electron chi connectivity index (χ1n) is 10.8. The van der Waals surface area contributed by atoms with Gasteiger partial charge in [0.15, 0.2) is 0 Å². The van der Waals surface area contributed by atoms with E-state index in [1.807, 2.05) is 54.3 Å². The average Bonchev–Trinajstić information content (AvgIpc) is 3.27. The maximum atomic E-state index is 13.1. The Hall–Kier alpha value is -3.34. The fourth-order valence-corrected chi connectivity index (χ4v) is 4.30. The Bertz CT molecular complexity index is 1090. The molecule has 1 aliphatic heterocycles. The third-order valence-corrected chi connectivity index (χ3v) is 5.93. The Balaban J connectivity index is 1.55. The maximum absolute atomic E-state index is 13.1. The first-order chi connectivity index (χ1) is 15.1. The first kappa shape index (κ1) is 20.9. The van der Waals surface area contributed by atoms with Crippen LogP contribution in [0.3, 0.4) is 0 Å². The van der Waals surface area contributed by atoms with E-state index in [-0.39, 0.29) is 17.7 Å². The van der Waals surface area contributed by atoms with Gasteiger partial charge in [-0.2, -0.15) is 0 Å². The molecule has 1 saturated heterocycles. The molecule has 0 spiro atoms. The van der Waals surface area contributed by atoms with E-state index in [4.69, 9.17) is 4.74 Å². The van der Waals surface area contributed by atoms with Crippen LogP contribution in [0.25, 0.3) is 21.9 Å². The minimum atomic E-state index is 0.0341. The fraction of sp³-hybridized carbons (Fsp3) is 0.308. The number of nitrogens with one attached hydrogen (secondary N) is 1. The number of nitrogens with zero attached hydrogens (tertiary/aromatic N) is 1. The van der Waals surface area contributed by atoms with Crippen molar-refractivity contribution in [3.05, 3.63) is 66.2 Å². The van der Waals surface area contributed by atoms with E-state index in [0.717, 1.165) is 34.1 Å². The van der Waals surface area contributed by atoms with Gasteiger partial charge in [0.25, 0.3) is 5.91 Å². The standard InChI is InChI=1S/C26H28N2O3/c1-3-31-22-10-7-19(8-11-22)23-6-4-5-20-16-21(9-12-24(20)23)26(30)28-14-13-18(17-28)15-25(29)27-2/h4-12,16,18H,3,13-15,17H2,1-2H3,(H,27,29). The summed E-state index contributed by atoms with van der Waals surface area (Å²) < 4.78 is 5.55. The van der Waals surface area contributed by atoms with E-state index in [1.165, 1.54) is 0 Å². The van der Waals surface area contributed by atoms with E-state index < -0.39 is 0 Å². The molecule has 2 amide bonds. The van der Waals surface area contributed by atoms with Crippen LogP contribution in [0.4, 0.5) is 0 Å². The monoisotopic (exact) mass is 416 g/mol. The van der Waals surface area contributed by atoms with Gasteiger partial charge < -0.3 is 15.0 Å². The second-order valence-electron chi connectivity index (χ2n) is 7.98. The number of fused-ring (bicyclic) bond motifs is 1. The molecule has 1 atom stereocenters. The lowest BCUT2D eigenvalue weighted by Crippen LogP contribution is -2.29. The molecule has 5 heteroatoms. The zero-order valence-electron chi connectivity index (χ0n) is 18.1. The molecule has 160 valence electrons. The number of amides is 2. The highest BCUT2D eigenvalue weighted by Gasteiger charge is 2.28. The summed E-state index contributed by atoms with van der Waals surface area (Å²) in [6.45, 7) is 3.96. The topological polar surface area (TPSA) is 58.6 Å². The Kier molecular flexibility index (Phi) is 6.21. The van der Waals surface area contributed by atoms with Gasteiger partial charge in [-0.15, -0.1) is 0 Å². The average molecular weight is 417 g/mol. The van der Waals surface area contributed by atoms with E-state index in [1.54, 1.807) is 7.05 Å². The summed E-state index contributed by atoms with van der Waals surface area (Å²) in [6, 6.07) is 20.2. The molecule has 0 radical (unpaired) electrons. The summed E-state index contributed by atoms with van der Waals surface area (Å²) in [7, 11) is 1.65. The number of hydrogen-bond acceptors (Lipinski definition) is 3. The third-order valence-electron chi connectivity index (χ3n) is 5.93. The SMILES string of the molecule is CCOc1ccc(-c2cccc3cc(C(=O)N4CCC(CC(=O)NC)C4)ccc23)cc1. The maximum Gasteiger partial charge on any atom is 0.253 e. The second-order valence-corrected chi connectivity index (χ2v) is 7.98. The summed E-state index contributed by atoms with van der Waals surface area (Å²) in [4.78, 5) is 26.6. The predicted octanol–water partition coefficient (Wildman–Crippen LogP) is 4.50. The van der Waals surface area contributed by atoms with Gasteiger partial charge in [0, 0.05) is 32.1 Å². The Labute approximate surface area is 183 Å². The first-order valence-corrected chi connectivity index (χ1v) is 10.8. The molecule has 3 aromatic carbocycles. The van der Waals surface area contributed by atoms with Crippen LogP contribution in [0.2, 0.25) is 0 Å². The lowest BCUT2D eigenvalue weighted by atomic mass is 9.96. The molecule has 0 aliphatic carbocycles. The van der Waals surface area contributed by atoms with Crippen molar-refractivity contribution in [3.8, 4) is 16.9 Å². The molecule has 5 nitrogen and oxygen atoms in total. The van der Waals surface area contributed by atoms with E-state index in [2.05, 4.69) is 23.5 Å². The molecular formula is C26H28N2O3. The van der Waals surface area contributed by atoms with Crippen molar-refractivity contribution in [1.29, 1.82) is 0 Å². The van der Waals surface area contributed by atoms with Crippen LogP contribution in [0.1, 0.15) is 30.1 Å². The zero-order chi connectivity index (χ0) is 21.8. The largest absolute Gasteiger partial charge is 0.494 e.